The first-order chi connectivity index (χ1) is 7.77. The summed E-state index contributed by atoms with van der Waals surface area (Å²) in [6.45, 7) is 0.982. The zero-order valence-electron chi connectivity index (χ0n) is 9.23. The Morgan fingerprint density at radius 3 is 2.81 bits per heavy atom. The van der Waals surface area contributed by atoms with Crippen molar-refractivity contribution < 1.29 is 9.90 Å². The van der Waals surface area contributed by atoms with Crippen LogP contribution in [-0.4, -0.2) is 17.6 Å². The summed E-state index contributed by atoms with van der Waals surface area (Å²) in [5, 5.41) is 12.3. The maximum absolute atomic E-state index is 10.8. The predicted octanol–water partition coefficient (Wildman–Crippen LogP) is 2.20. The van der Waals surface area contributed by atoms with Crippen molar-refractivity contribution in [1.82, 2.24) is 5.32 Å². The number of piperidine rings is 1. The lowest BCUT2D eigenvalue weighted by molar-refractivity contribution is -0.138. The lowest BCUT2D eigenvalue weighted by atomic mass is 9.84. The third-order valence-corrected chi connectivity index (χ3v) is 3.18. The first-order valence-electron chi connectivity index (χ1n) is 5.77. The molecule has 1 heterocycles. The highest BCUT2D eigenvalue weighted by atomic mass is 16.4. The van der Waals surface area contributed by atoms with Crippen molar-refractivity contribution >= 4 is 5.97 Å². The molecule has 0 aromatic heterocycles. The number of rotatable bonds is 3. The van der Waals surface area contributed by atoms with Crippen molar-refractivity contribution in [1.29, 1.82) is 0 Å². The summed E-state index contributed by atoms with van der Waals surface area (Å²) in [5.41, 5.74) is 1.20. The first-order valence-corrected chi connectivity index (χ1v) is 5.77. The Morgan fingerprint density at radius 1 is 1.38 bits per heavy atom. The highest BCUT2D eigenvalue weighted by molar-refractivity contribution is 5.67. The van der Waals surface area contributed by atoms with Crippen LogP contribution < -0.4 is 5.32 Å². The van der Waals surface area contributed by atoms with Gasteiger partial charge in [0.2, 0.25) is 0 Å². The molecule has 0 amide bonds. The van der Waals surface area contributed by atoms with Crippen molar-refractivity contribution in [3.63, 3.8) is 0 Å². The van der Waals surface area contributed by atoms with E-state index in [0.29, 0.717) is 0 Å². The summed E-state index contributed by atoms with van der Waals surface area (Å²) in [7, 11) is 0. The number of hydrogen-bond acceptors (Lipinski definition) is 2. The van der Waals surface area contributed by atoms with Crippen molar-refractivity contribution in [2.75, 3.05) is 6.54 Å². The Morgan fingerprint density at radius 2 is 2.12 bits per heavy atom. The molecule has 1 saturated heterocycles. The molecule has 3 nitrogen and oxygen atoms in total. The topological polar surface area (TPSA) is 49.3 Å². The molecule has 16 heavy (non-hydrogen) atoms. The Bertz CT molecular complexity index is 350. The molecule has 86 valence electrons. The molecule has 0 spiro atoms. The fraction of sp³-hybridized carbons (Fsp3) is 0.462. The summed E-state index contributed by atoms with van der Waals surface area (Å²) < 4.78 is 0. The third kappa shape index (κ3) is 2.61. The van der Waals surface area contributed by atoms with E-state index in [1.54, 1.807) is 0 Å². The minimum atomic E-state index is -0.699. The van der Waals surface area contributed by atoms with E-state index in [1.807, 2.05) is 18.2 Å². The van der Waals surface area contributed by atoms with Gasteiger partial charge in [0.1, 0.15) is 0 Å². The van der Waals surface area contributed by atoms with Gasteiger partial charge >= 0.3 is 5.97 Å². The van der Waals surface area contributed by atoms with E-state index in [9.17, 15) is 4.79 Å². The van der Waals surface area contributed by atoms with Gasteiger partial charge in [-0.15, -0.1) is 0 Å². The maximum Gasteiger partial charge on any atom is 0.303 e. The molecule has 0 saturated carbocycles. The van der Waals surface area contributed by atoms with Crippen LogP contribution in [0.4, 0.5) is 0 Å². The highest BCUT2D eigenvalue weighted by Crippen LogP contribution is 2.31. The Labute approximate surface area is 95.5 Å². The average Bonchev–Trinajstić information content (AvgIpc) is 2.30. The zero-order valence-corrected chi connectivity index (χ0v) is 9.23. The van der Waals surface area contributed by atoms with Crippen molar-refractivity contribution in [3.05, 3.63) is 35.9 Å². The van der Waals surface area contributed by atoms with Crippen LogP contribution >= 0.6 is 0 Å². The molecule has 1 aromatic rings. The monoisotopic (exact) mass is 219 g/mol. The van der Waals surface area contributed by atoms with Crippen molar-refractivity contribution in [2.24, 2.45) is 5.92 Å². The van der Waals surface area contributed by atoms with Crippen LogP contribution in [0.15, 0.2) is 30.3 Å². The molecule has 2 N–H and O–H groups in total. The fourth-order valence-electron chi connectivity index (χ4n) is 2.45. The minimum Gasteiger partial charge on any atom is -0.481 e. The number of carbonyl (C=O) groups is 1. The summed E-state index contributed by atoms with van der Waals surface area (Å²) in [6.07, 6.45) is 2.33. The smallest absolute Gasteiger partial charge is 0.303 e. The molecule has 1 aromatic carbocycles. The Balaban J connectivity index is 2.13. The van der Waals surface area contributed by atoms with Crippen LogP contribution in [0, 0.1) is 5.92 Å². The summed E-state index contributed by atoms with van der Waals surface area (Å²) in [5.74, 6) is -0.483. The maximum atomic E-state index is 10.8. The molecule has 1 aliphatic heterocycles. The summed E-state index contributed by atoms with van der Waals surface area (Å²) >= 11 is 0. The van der Waals surface area contributed by atoms with Gasteiger partial charge in [-0.05, 0) is 30.9 Å². The van der Waals surface area contributed by atoms with Crippen molar-refractivity contribution in [3.8, 4) is 0 Å². The SMILES string of the molecule is O=C(O)C[C@@H]1CCCN[C@H]1c1ccccc1. The molecule has 1 aliphatic rings. The number of benzene rings is 1. The van der Waals surface area contributed by atoms with Gasteiger partial charge < -0.3 is 10.4 Å². The second-order valence-electron chi connectivity index (χ2n) is 4.34. The van der Waals surface area contributed by atoms with Gasteiger partial charge in [-0.3, -0.25) is 4.79 Å². The second-order valence-corrected chi connectivity index (χ2v) is 4.34. The molecular formula is C13H17NO2. The van der Waals surface area contributed by atoms with E-state index >= 15 is 0 Å². The summed E-state index contributed by atoms with van der Waals surface area (Å²) in [4.78, 5) is 10.8. The zero-order chi connectivity index (χ0) is 11.4. The van der Waals surface area contributed by atoms with Gasteiger partial charge in [0.15, 0.2) is 0 Å². The number of aliphatic carboxylic acids is 1. The molecule has 2 atom stereocenters. The van der Waals surface area contributed by atoms with Gasteiger partial charge in [-0.2, -0.15) is 0 Å². The number of carboxylic acid groups (broad SMARTS) is 1. The van der Waals surface area contributed by atoms with Gasteiger partial charge in [-0.1, -0.05) is 30.3 Å². The Kier molecular flexibility index (Phi) is 3.57. The Hall–Kier alpha value is -1.35. The first kappa shape index (κ1) is 11.1. The molecule has 2 rings (SSSR count). The molecule has 1 fully saturated rings. The van der Waals surface area contributed by atoms with Crippen LogP contribution in [0.1, 0.15) is 30.9 Å². The van der Waals surface area contributed by atoms with Crippen LogP contribution in [0.5, 0.6) is 0 Å². The molecule has 0 bridgehead atoms. The highest BCUT2D eigenvalue weighted by Gasteiger charge is 2.27. The largest absolute Gasteiger partial charge is 0.481 e. The second kappa shape index (κ2) is 5.12. The third-order valence-electron chi connectivity index (χ3n) is 3.18. The van der Waals surface area contributed by atoms with Crippen LogP contribution in [0.2, 0.25) is 0 Å². The molecule has 3 heteroatoms. The molecular weight excluding hydrogens is 202 g/mol. The average molecular weight is 219 g/mol. The van der Waals surface area contributed by atoms with E-state index in [0.717, 1.165) is 19.4 Å². The number of nitrogens with one attached hydrogen (secondary N) is 1. The van der Waals surface area contributed by atoms with Gasteiger partial charge in [0.05, 0.1) is 0 Å². The summed E-state index contributed by atoms with van der Waals surface area (Å²) in [6, 6.07) is 10.3. The normalized spacial score (nSPS) is 25.2. The van der Waals surface area contributed by atoms with Gasteiger partial charge in [0, 0.05) is 12.5 Å². The number of carboxylic acids is 1. The van der Waals surface area contributed by atoms with Gasteiger partial charge in [-0.25, -0.2) is 0 Å². The molecule has 0 radical (unpaired) electrons. The van der Waals surface area contributed by atoms with E-state index in [2.05, 4.69) is 17.4 Å². The van der Waals surface area contributed by atoms with Crippen LogP contribution in [0.25, 0.3) is 0 Å². The van der Waals surface area contributed by atoms with Gasteiger partial charge in [0.25, 0.3) is 0 Å². The van der Waals surface area contributed by atoms with E-state index < -0.39 is 5.97 Å². The fourth-order valence-corrected chi connectivity index (χ4v) is 2.45. The lowest BCUT2D eigenvalue weighted by Crippen LogP contribution is -2.35. The predicted molar refractivity (Wildman–Crippen MR) is 62.2 cm³/mol. The van der Waals surface area contributed by atoms with E-state index in [1.165, 1.54) is 5.56 Å². The lowest BCUT2D eigenvalue weighted by Gasteiger charge is -2.32. The van der Waals surface area contributed by atoms with Crippen molar-refractivity contribution in [2.45, 2.75) is 25.3 Å². The minimum absolute atomic E-state index is 0.200. The quantitative estimate of drug-likeness (QED) is 0.819. The molecule has 0 unspecified atom stereocenters. The van der Waals surface area contributed by atoms with E-state index in [4.69, 9.17) is 5.11 Å². The number of hydrogen-bond donors (Lipinski definition) is 2. The van der Waals surface area contributed by atoms with Crippen LogP contribution in [-0.2, 0) is 4.79 Å². The van der Waals surface area contributed by atoms with E-state index in [-0.39, 0.29) is 18.4 Å². The van der Waals surface area contributed by atoms with Crippen LogP contribution in [0.3, 0.4) is 0 Å². The molecule has 0 aliphatic carbocycles. The standard InChI is InChI=1S/C13H17NO2/c15-12(16)9-11-7-4-8-14-13(11)10-5-2-1-3-6-10/h1-3,5-6,11,13-14H,4,7-9H2,(H,15,16)/t11-,13-/m0/s1.